The maximum atomic E-state index is 13.5. The lowest BCUT2D eigenvalue weighted by atomic mass is 10.3. The highest BCUT2D eigenvalue weighted by Gasteiger charge is 2.20. The van der Waals surface area contributed by atoms with Crippen LogP contribution >= 0.6 is 39.9 Å². The fourth-order valence-corrected chi connectivity index (χ4v) is 2.80. The van der Waals surface area contributed by atoms with Crippen LogP contribution in [0, 0.1) is 5.82 Å². The van der Waals surface area contributed by atoms with Crippen molar-refractivity contribution >= 4 is 50.0 Å². The molecule has 1 rings (SSSR count). The number of rotatable bonds is 5. The van der Waals surface area contributed by atoms with Crippen molar-refractivity contribution in [1.82, 2.24) is 4.72 Å². The van der Waals surface area contributed by atoms with Gasteiger partial charge in [-0.05, 0) is 41.0 Å². The van der Waals surface area contributed by atoms with Gasteiger partial charge in [0.1, 0.15) is 10.7 Å². The van der Waals surface area contributed by atoms with Crippen LogP contribution in [0.4, 0.5) is 4.39 Å². The lowest BCUT2D eigenvalue weighted by Crippen LogP contribution is -2.27. The molecule has 0 unspecified atom stereocenters. The summed E-state index contributed by atoms with van der Waals surface area (Å²) in [6.07, 6.45) is 0.477. The Balaban J connectivity index is 0.00000289. The molecule has 0 amide bonds. The molecule has 0 radical (unpaired) electrons. The van der Waals surface area contributed by atoms with Crippen LogP contribution in [0.1, 0.15) is 6.42 Å². The van der Waals surface area contributed by atoms with Gasteiger partial charge in [0.15, 0.2) is 0 Å². The molecule has 0 bridgehead atoms. The third-order valence-corrected chi connectivity index (χ3v) is 4.61. The van der Waals surface area contributed by atoms with Crippen molar-refractivity contribution in [2.24, 2.45) is 5.73 Å². The van der Waals surface area contributed by atoms with E-state index in [0.29, 0.717) is 17.4 Å². The highest BCUT2D eigenvalue weighted by atomic mass is 79.9. The van der Waals surface area contributed by atoms with Crippen LogP contribution in [0.3, 0.4) is 0 Å². The molecule has 0 saturated carbocycles. The molecule has 104 valence electrons. The largest absolute Gasteiger partial charge is 0.330 e. The van der Waals surface area contributed by atoms with Gasteiger partial charge in [-0.2, -0.15) is 0 Å². The van der Waals surface area contributed by atoms with Crippen LogP contribution < -0.4 is 10.5 Å². The molecule has 0 atom stereocenters. The second-order valence-corrected chi connectivity index (χ2v) is 6.23. The Morgan fingerprint density at radius 2 is 2.06 bits per heavy atom. The molecule has 0 aromatic heterocycles. The normalized spacial score (nSPS) is 11.1. The first kappa shape index (κ1) is 18.1. The van der Waals surface area contributed by atoms with Gasteiger partial charge >= 0.3 is 0 Å². The lowest BCUT2D eigenvalue weighted by molar-refractivity contribution is 0.555. The Kier molecular flexibility index (Phi) is 7.65. The summed E-state index contributed by atoms with van der Waals surface area (Å²) in [4.78, 5) is -0.470. The molecular weight excluding hydrogens is 370 g/mol. The second-order valence-electron chi connectivity index (χ2n) is 3.24. The Bertz CT molecular complexity index is 514. The molecule has 18 heavy (non-hydrogen) atoms. The maximum absolute atomic E-state index is 13.5. The first-order valence-electron chi connectivity index (χ1n) is 4.73. The van der Waals surface area contributed by atoms with E-state index in [1.54, 1.807) is 0 Å². The van der Waals surface area contributed by atoms with Gasteiger partial charge in [-0.25, -0.2) is 17.5 Å². The summed E-state index contributed by atoms with van der Waals surface area (Å²) < 4.78 is 39.5. The summed E-state index contributed by atoms with van der Waals surface area (Å²) in [5.41, 5.74) is 5.23. The zero-order valence-electron chi connectivity index (χ0n) is 9.12. The number of hydrogen-bond donors (Lipinski definition) is 2. The van der Waals surface area contributed by atoms with Crippen molar-refractivity contribution in [3.8, 4) is 0 Å². The van der Waals surface area contributed by atoms with Crippen molar-refractivity contribution in [1.29, 1.82) is 0 Å². The van der Waals surface area contributed by atoms with E-state index in [4.69, 9.17) is 17.3 Å². The van der Waals surface area contributed by atoms with Gasteiger partial charge in [0, 0.05) is 11.0 Å². The van der Waals surface area contributed by atoms with Crippen LogP contribution in [-0.4, -0.2) is 21.5 Å². The SMILES string of the molecule is Cl.NCCCNS(=O)(=O)c1cc(Cl)c(Br)cc1F. The molecule has 3 N–H and O–H groups in total. The molecule has 1 aromatic carbocycles. The molecule has 1 aromatic rings. The molecule has 0 aliphatic rings. The van der Waals surface area contributed by atoms with Gasteiger partial charge in [0.2, 0.25) is 10.0 Å². The van der Waals surface area contributed by atoms with Crippen LogP contribution in [0.15, 0.2) is 21.5 Å². The van der Waals surface area contributed by atoms with Crippen molar-refractivity contribution < 1.29 is 12.8 Å². The fourth-order valence-electron chi connectivity index (χ4n) is 1.10. The van der Waals surface area contributed by atoms with Crippen molar-refractivity contribution in [2.75, 3.05) is 13.1 Å². The minimum atomic E-state index is -3.89. The number of benzene rings is 1. The molecule has 0 aliphatic carbocycles. The van der Waals surface area contributed by atoms with E-state index in [1.165, 1.54) is 0 Å². The molecule has 0 aliphatic heterocycles. The molecule has 0 spiro atoms. The van der Waals surface area contributed by atoms with Crippen molar-refractivity contribution in [2.45, 2.75) is 11.3 Å². The average Bonchev–Trinajstić information content (AvgIpc) is 2.23. The van der Waals surface area contributed by atoms with Gasteiger partial charge < -0.3 is 5.73 Å². The molecule has 0 fully saturated rings. The predicted molar refractivity (Wildman–Crippen MR) is 75.2 cm³/mol. The van der Waals surface area contributed by atoms with E-state index in [1.807, 2.05) is 0 Å². The Labute approximate surface area is 125 Å². The molecular formula is C9H12BrCl2FN2O2S. The average molecular weight is 382 g/mol. The van der Waals surface area contributed by atoms with E-state index in [-0.39, 0.29) is 24.0 Å². The first-order valence-corrected chi connectivity index (χ1v) is 7.38. The van der Waals surface area contributed by atoms with Crippen LogP contribution in [-0.2, 0) is 10.0 Å². The highest BCUT2D eigenvalue weighted by Crippen LogP contribution is 2.27. The van der Waals surface area contributed by atoms with Crippen molar-refractivity contribution in [3.63, 3.8) is 0 Å². The summed E-state index contributed by atoms with van der Waals surface area (Å²) in [6, 6.07) is 2.07. The number of halogens is 4. The summed E-state index contributed by atoms with van der Waals surface area (Å²) in [6.45, 7) is 0.512. The van der Waals surface area contributed by atoms with E-state index in [0.717, 1.165) is 12.1 Å². The number of hydrogen-bond acceptors (Lipinski definition) is 3. The molecule has 0 heterocycles. The zero-order chi connectivity index (χ0) is 13.1. The van der Waals surface area contributed by atoms with Crippen LogP contribution in [0.5, 0.6) is 0 Å². The molecule has 9 heteroatoms. The Hall–Kier alpha value is 0.0800. The summed E-state index contributed by atoms with van der Waals surface area (Å²) in [5.74, 6) is -0.860. The summed E-state index contributed by atoms with van der Waals surface area (Å²) >= 11 is 8.73. The monoisotopic (exact) mass is 380 g/mol. The number of nitrogens with two attached hydrogens (primary N) is 1. The van der Waals surface area contributed by atoms with Crippen molar-refractivity contribution in [3.05, 3.63) is 27.4 Å². The maximum Gasteiger partial charge on any atom is 0.243 e. The molecule has 0 saturated heterocycles. The molecule has 4 nitrogen and oxygen atoms in total. The van der Waals surface area contributed by atoms with Gasteiger partial charge in [0.05, 0.1) is 5.02 Å². The van der Waals surface area contributed by atoms with E-state index < -0.39 is 20.7 Å². The summed E-state index contributed by atoms with van der Waals surface area (Å²) in [5, 5.41) is 0.130. The quantitative estimate of drug-likeness (QED) is 0.607. The van der Waals surface area contributed by atoms with Gasteiger partial charge in [-0.1, -0.05) is 11.6 Å². The summed E-state index contributed by atoms with van der Waals surface area (Å²) in [7, 11) is -3.89. The van der Waals surface area contributed by atoms with Crippen LogP contribution in [0.2, 0.25) is 5.02 Å². The minimum Gasteiger partial charge on any atom is -0.330 e. The Morgan fingerprint density at radius 3 is 2.61 bits per heavy atom. The topological polar surface area (TPSA) is 72.2 Å². The highest BCUT2D eigenvalue weighted by molar-refractivity contribution is 9.10. The standard InChI is InChI=1S/C9H11BrClFN2O2S.ClH/c10-6-4-8(12)9(5-7(6)11)17(15,16)14-3-1-2-13;/h4-5,14H,1-3,13H2;1H. The van der Waals surface area contributed by atoms with E-state index >= 15 is 0 Å². The third-order valence-electron chi connectivity index (χ3n) is 1.94. The minimum absolute atomic E-state index is 0. The second kappa shape index (κ2) is 7.62. The van der Waals surface area contributed by atoms with E-state index in [2.05, 4.69) is 20.7 Å². The van der Waals surface area contributed by atoms with Gasteiger partial charge in [-0.15, -0.1) is 12.4 Å². The van der Waals surface area contributed by atoms with Crippen LogP contribution in [0.25, 0.3) is 0 Å². The van der Waals surface area contributed by atoms with Gasteiger partial charge in [-0.3, -0.25) is 0 Å². The number of nitrogens with one attached hydrogen (secondary N) is 1. The third kappa shape index (κ3) is 4.64. The number of sulfonamides is 1. The van der Waals surface area contributed by atoms with E-state index in [9.17, 15) is 12.8 Å². The Morgan fingerprint density at radius 1 is 1.44 bits per heavy atom. The predicted octanol–water partition coefficient (Wildman–Crippen LogP) is 2.29. The fraction of sp³-hybridized carbons (Fsp3) is 0.333. The smallest absolute Gasteiger partial charge is 0.243 e. The first-order chi connectivity index (χ1) is 7.88. The lowest BCUT2D eigenvalue weighted by Gasteiger charge is -2.08. The zero-order valence-corrected chi connectivity index (χ0v) is 13.1. The van der Waals surface area contributed by atoms with Gasteiger partial charge in [0.25, 0.3) is 0 Å².